The zero-order chi connectivity index (χ0) is 22.5. The first-order valence-electron chi connectivity index (χ1n) is 10.5. The number of halogens is 1. The molecule has 0 aliphatic carbocycles. The summed E-state index contributed by atoms with van der Waals surface area (Å²) in [6.45, 7) is 5.64. The van der Waals surface area contributed by atoms with E-state index in [1.807, 2.05) is 32.0 Å². The predicted molar refractivity (Wildman–Crippen MR) is 122 cm³/mol. The number of amides is 2. The normalized spacial score (nSPS) is 33.5. The Morgan fingerprint density at radius 3 is 2.65 bits per heavy atom. The van der Waals surface area contributed by atoms with Crippen LogP contribution in [0.4, 0.5) is 5.69 Å². The highest BCUT2D eigenvalue weighted by atomic mass is 79.9. The molecule has 2 amide bonds. The maximum absolute atomic E-state index is 13.7. The zero-order valence-corrected chi connectivity index (χ0v) is 20.2. The number of carbonyl (C=O) groups is 3. The summed E-state index contributed by atoms with van der Waals surface area (Å²) in [5, 5.41) is 12.5. The lowest BCUT2D eigenvalue weighted by Gasteiger charge is -2.35. The van der Waals surface area contributed by atoms with Crippen LogP contribution in [-0.2, 0) is 19.1 Å². The molecule has 3 saturated heterocycles. The van der Waals surface area contributed by atoms with Gasteiger partial charge in [0.05, 0.1) is 29.8 Å². The number of aryl methyl sites for hydroxylation is 2. The molecule has 3 aliphatic rings. The molecule has 7 nitrogen and oxygen atoms in total. The van der Waals surface area contributed by atoms with Crippen LogP contribution in [0.3, 0.4) is 0 Å². The van der Waals surface area contributed by atoms with Gasteiger partial charge in [-0.05, 0) is 38.3 Å². The Balaban J connectivity index is 1.74. The number of anilines is 1. The zero-order valence-electron chi connectivity index (χ0n) is 17.8. The minimum Gasteiger partial charge on any atom is -0.466 e. The molecule has 31 heavy (non-hydrogen) atoms. The topological polar surface area (TPSA) is 95.9 Å². The van der Waals surface area contributed by atoms with Crippen molar-refractivity contribution in [2.75, 3.05) is 25.1 Å². The van der Waals surface area contributed by atoms with Gasteiger partial charge in [0, 0.05) is 22.3 Å². The van der Waals surface area contributed by atoms with Gasteiger partial charge in [-0.25, -0.2) is 0 Å². The Morgan fingerprint density at radius 2 is 2.03 bits per heavy atom. The summed E-state index contributed by atoms with van der Waals surface area (Å²) in [5.74, 6) is -2.14. The first-order valence-corrected chi connectivity index (χ1v) is 12.3. The Morgan fingerprint density at radius 1 is 1.35 bits per heavy atom. The monoisotopic (exact) mass is 510 g/mol. The number of β-amino-alcohol motifs (C(OH)–C–C–N with tert-alkyl or cyclic N) is 1. The van der Waals surface area contributed by atoms with Gasteiger partial charge in [0.2, 0.25) is 11.8 Å². The average Bonchev–Trinajstić information content (AvgIpc) is 3.29. The number of para-hydroxylation sites is 1. The summed E-state index contributed by atoms with van der Waals surface area (Å²) in [5.41, 5.74) is 2.61. The van der Waals surface area contributed by atoms with E-state index in [0.717, 1.165) is 16.8 Å². The molecule has 3 heterocycles. The summed E-state index contributed by atoms with van der Waals surface area (Å²) in [6, 6.07) is 5.01. The van der Waals surface area contributed by atoms with Crippen molar-refractivity contribution in [1.82, 2.24) is 4.90 Å². The molecule has 2 N–H and O–H groups in total. The van der Waals surface area contributed by atoms with Crippen LogP contribution in [0, 0.1) is 25.7 Å². The van der Waals surface area contributed by atoms with Crippen LogP contribution in [0.5, 0.6) is 0 Å². The lowest BCUT2D eigenvalue weighted by molar-refractivity contribution is -0.153. The highest BCUT2D eigenvalue weighted by Crippen LogP contribution is 2.67. The molecule has 168 valence electrons. The number of aliphatic hydroxyl groups excluding tert-OH is 1. The number of hydrogen-bond donors (Lipinski definition) is 2. The Labute approximate surface area is 194 Å². The summed E-state index contributed by atoms with van der Waals surface area (Å²) in [6.07, 6.45) is 0.599. The first kappa shape index (κ1) is 22.6. The van der Waals surface area contributed by atoms with Crippen molar-refractivity contribution in [3.8, 4) is 0 Å². The molecule has 9 heteroatoms. The molecule has 1 spiro atoms. The third-order valence-corrected chi connectivity index (χ3v) is 9.89. The molecule has 3 aliphatic heterocycles. The molecular weight excluding hydrogens is 484 g/mol. The predicted octanol–water partition coefficient (Wildman–Crippen LogP) is 2.26. The van der Waals surface area contributed by atoms with Gasteiger partial charge in [0.25, 0.3) is 0 Å². The standard InChI is InChI=1S/C22H27BrN2O5S/c1-4-30-21(29)14-15-20(28)25(8-9-26)18(22(15)10-13(23)17(14)31-22)19(27)24-16-11(2)6-5-7-12(16)3/h5-7,13-15,17-18,26H,4,8-10H2,1-3H3,(H,24,27)/t13?,14-,15+,17-,18?,22?/m1/s1. The number of carbonyl (C=O) groups excluding carboxylic acids is 3. The van der Waals surface area contributed by atoms with E-state index in [0.29, 0.717) is 6.42 Å². The number of esters is 1. The van der Waals surface area contributed by atoms with Crippen molar-refractivity contribution in [2.45, 2.75) is 48.1 Å². The number of likely N-dealkylation sites (tertiary alicyclic amines) is 1. The fraction of sp³-hybridized carbons (Fsp3) is 0.591. The number of alkyl halides is 1. The van der Waals surface area contributed by atoms with Crippen LogP contribution in [0.1, 0.15) is 24.5 Å². The third kappa shape index (κ3) is 3.40. The van der Waals surface area contributed by atoms with E-state index in [9.17, 15) is 19.5 Å². The quantitative estimate of drug-likeness (QED) is 0.450. The Kier molecular flexibility index (Phi) is 6.13. The third-order valence-electron chi connectivity index (χ3n) is 6.67. The average molecular weight is 511 g/mol. The molecule has 3 fully saturated rings. The van der Waals surface area contributed by atoms with Gasteiger partial charge in [-0.1, -0.05) is 34.1 Å². The number of nitrogens with zero attached hydrogens (tertiary/aromatic N) is 1. The molecular formula is C22H27BrN2O5S. The minimum atomic E-state index is -0.773. The van der Waals surface area contributed by atoms with E-state index in [4.69, 9.17) is 4.74 Å². The molecule has 6 atom stereocenters. The van der Waals surface area contributed by atoms with Crippen LogP contribution >= 0.6 is 27.7 Å². The number of rotatable bonds is 6. The van der Waals surface area contributed by atoms with Gasteiger partial charge in [-0.3, -0.25) is 14.4 Å². The lowest BCUT2D eigenvalue weighted by atomic mass is 9.71. The van der Waals surface area contributed by atoms with Crippen LogP contribution < -0.4 is 5.32 Å². The van der Waals surface area contributed by atoms with E-state index in [1.54, 1.807) is 18.7 Å². The van der Waals surface area contributed by atoms with Crippen LogP contribution in [0.15, 0.2) is 18.2 Å². The smallest absolute Gasteiger partial charge is 0.310 e. The lowest BCUT2D eigenvalue weighted by Crippen LogP contribution is -2.53. The van der Waals surface area contributed by atoms with E-state index in [2.05, 4.69) is 21.2 Å². The largest absolute Gasteiger partial charge is 0.466 e. The van der Waals surface area contributed by atoms with Crippen LogP contribution in [-0.4, -0.2) is 68.4 Å². The summed E-state index contributed by atoms with van der Waals surface area (Å²) in [4.78, 5) is 41.4. The van der Waals surface area contributed by atoms with E-state index < -0.39 is 22.6 Å². The van der Waals surface area contributed by atoms with E-state index in [1.165, 1.54) is 4.90 Å². The highest BCUT2D eigenvalue weighted by Gasteiger charge is 2.75. The van der Waals surface area contributed by atoms with E-state index in [-0.39, 0.29) is 47.6 Å². The van der Waals surface area contributed by atoms with Crippen molar-refractivity contribution < 1.29 is 24.2 Å². The van der Waals surface area contributed by atoms with Gasteiger partial charge in [0.1, 0.15) is 6.04 Å². The number of nitrogens with one attached hydrogen (secondary N) is 1. The van der Waals surface area contributed by atoms with Crippen LogP contribution in [0.2, 0.25) is 0 Å². The number of hydrogen-bond acceptors (Lipinski definition) is 6. The SMILES string of the molecule is CCOC(=O)[C@H]1[C@@H]2SC3(CC2Br)C(C(=O)Nc2c(C)cccc2C)N(CCO)C(=O)[C@H]13. The molecule has 0 aromatic heterocycles. The van der Waals surface area contributed by atoms with Crippen molar-refractivity contribution in [3.05, 3.63) is 29.3 Å². The molecule has 0 saturated carbocycles. The number of thioether (sulfide) groups is 1. The fourth-order valence-corrected chi connectivity index (χ4v) is 9.09. The summed E-state index contributed by atoms with van der Waals surface area (Å²) in [7, 11) is 0. The van der Waals surface area contributed by atoms with Gasteiger partial charge in [-0.15, -0.1) is 11.8 Å². The van der Waals surface area contributed by atoms with Gasteiger partial charge in [0.15, 0.2) is 0 Å². The second-order valence-electron chi connectivity index (χ2n) is 8.43. The first-order chi connectivity index (χ1) is 14.8. The minimum absolute atomic E-state index is 0.000491. The summed E-state index contributed by atoms with van der Waals surface area (Å²) < 4.78 is 4.57. The maximum Gasteiger partial charge on any atom is 0.310 e. The molecule has 0 radical (unpaired) electrons. The molecule has 2 bridgehead atoms. The molecule has 3 unspecified atom stereocenters. The highest BCUT2D eigenvalue weighted by molar-refractivity contribution is 9.09. The van der Waals surface area contributed by atoms with E-state index >= 15 is 0 Å². The fourth-order valence-electron chi connectivity index (χ4n) is 5.49. The van der Waals surface area contributed by atoms with Gasteiger partial charge < -0.3 is 20.1 Å². The number of aliphatic hydroxyl groups is 1. The molecule has 1 aromatic rings. The maximum atomic E-state index is 13.7. The van der Waals surface area contributed by atoms with Crippen LogP contribution in [0.25, 0.3) is 0 Å². The second-order valence-corrected chi connectivity index (χ2v) is 11.1. The van der Waals surface area contributed by atoms with Gasteiger partial charge in [-0.2, -0.15) is 0 Å². The molecule has 4 rings (SSSR count). The van der Waals surface area contributed by atoms with Gasteiger partial charge >= 0.3 is 5.97 Å². The summed E-state index contributed by atoms with van der Waals surface area (Å²) >= 11 is 5.25. The Bertz CT molecular complexity index is 907. The van der Waals surface area contributed by atoms with Crippen molar-refractivity contribution in [3.63, 3.8) is 0 Å². The molecule has 1 aromatic carbocycles. The second kappa shape index (κ2) is 8.41. The number of ether oxygens (including phenoxy) is 1. The van der Waals surface area contributed by atoms with Crippen molar-refractivity contribution in [2.24, 2.45) is 11.8 Å². The number of benzene rings is 1. The number of fused-ring (bicyclic) bond motifs is 1. The Hall–Kier alpha value is -1.58. The van der Waals surface area contributed by atoms with Crippen molar-refractivity contribution >= 4 is 51.2 Å². The van der Waals surface area contributed by atoms with Crippen molar-refractivity contribution in [1.29, 1.82) is 0 Å².